The Hall–Kier alpha value is -3.09. The first kappa shape index (κ1) is 22.6. The van der Waals surface area contributed by atoms with Gasteiger partial charge in [0.05, 0.1) is 20.3 Å². The largest absolute Gasteiger partial charge is 0.497 e. The quantitative estimate of drug-likeness (QED) is 0.639. The third-order valence-electron chi connectivity index (χ3n) is 5.82. The summed E-state index contributed by atoms with van der Waals surface area (Å²) in [6.45, 7) is 1.91. The fraction of sp³-hybridized carbons (Fsp3) is 0.417. The smallest absolute Gasteiger partial charge is 0.220 e. The van der Waals surface area contributed by atoms with Crippen LogP contribution in [-0.4, -0.2) is 31.6 Å². The molecule has 0 radical (unpaired) electrons. The Labute approximate surface area is 182 Å². The van der Waals surface area contributed by atoms with Crippen molar-refractivity contribution in [3.8, 4) is 11.5 Å². The van der Waals surface area contributed by atoms with Crippen molar-refractivity contribution in [2.45, 2.75) is 50.6 Å². The summed E-state index contributed by atoms with van der Waals surface area (Å²) in [4.78, 5) is 24.6. The molecule has 1 aliphatic heterocycles. The number of hydrogen-bond acceptors (Lipinski definition) is 4. The Balaban J connectivity index is 1.66. The van der Waals surface area contributed by atoms with E-state index in [-0.39, 0.29) is 30.1 Å². The Morgan fingerprint density at radius 3 is 2.61 bits per heavy atom. The third kappa shape index (κ3) is 5.75. The number of amides is 2. The molecule has 1 heterocycles. The van der Waals surface area contributed by atoms with Gasteiger partial charge in [-0.3, -0.25) is 9.59 Å². The molecule has 0 aliphatic carbocycles. The minimum absolute atomic E-state index is 0.0755. The predicted molar refractivity (Wildman–Crippen MR) is 116 cm³/mol. The highest BCUT2D eigenvalue weighted by molar-refractivity contribution is 5.80. The molecule has 2 N–H and O–H groups in total. The van der Waals surface area contributed by atoms with Gasteiger partial charge in [0.25, 0.3) is 0 Å². The molecule has 2 amide bonds. The number of carbonyl (C=O) groups is 2. The highest BCUT2D eigenvalue weighted by atomic mass is 19.1. The highest BCUT2D eigenvalue weighted by Gasteiger charge is 2.38. The van der Waals surface area contributed by atoms with Crippen LogP contribution in [0.15, 0.2) is 42.5 Å². The maximum atomic E-state index is 14.4. The van der Waals surface area contributed by atoms with E-state index in [1.165, 1.54) is 13.2 Å². The molecule has 2 aromatic carbocycles. The van der Waals surface area contributed by atoms with E-state index in [1.54, 1.807) is 19.2 Å². The first-order valence-corrected chi connectivity index (χ1v) is 10.4. The minimum atomic E-state index is -0.652. The van der Waals surface area contributed by atoms with Gasteiger partial charge >= 0.3 is 0 Å². The fourth-order valence-electron chi connectivity index (χ4n) is 4.02. The van der Waals surface area contributed by atoms with E-state index >= 15 is 0 Å². The number of rotatable bonds is 9. The van der Waals surface area contributed by atoms with Crippen molar-refractivity contribution in [1.29, 1.82) is 0 Å². The molecule has 1 saturated heterocycles. The molecule has 3 rings (SSSR count). The Morgan fingerprint density at radius 2 is 1.94 bits per heavy atom. The number of benzene rings is 2. The van der Waals surface area contributed by atoms with E-state index in [9.17, 15) is 14.0 Å². The van der Waals surface area contributed by atoms with Crippen molar-refractivity contribution in [1.82, 2.24) is 10.6 Å². The molecule has 6 nitrogen and oxygen atoms in total. The number of ether oxygens (including phenoxy) is 2. The first-order chi connectivity index (χ1) is 14.8. The van der Waals surface area contributed by atoms with Gasteiger partial charge in [0.1, 0.15) is 17.3 Å². The van der Waals surface area contributed by atoms with Crippen LogP contribution in [0.5, 0.6) is 11.5 Å². The Bertz CT molecular complexity index is 949. The van der Waals surface area contributed by atoms with Gasteiger partial charge in [-0.05, 0) is 67.6 Å². The molecular formula is C24H29FN2O4. The lowest BCUT2D eigenvalue weighted by molar-refractivity contribution is -0.123. The van der Waals surface area contributed by atoms with Crippen molar-refractivity contribution in [2.24, 2.45) is 0 Å². The predicted octanol–water partition coefficient (Wildman–Crippen LogP) is 3.69. The number of nitrogens with one attached hydrogen (secondary N) is 2. The molecule has 1 unspecified atom stereocenters. The monoisotopic (exact) mass is 428 g/mol. The van der Waals surface area contributed by atoms with E-state index in [0.29, 0.717) is 37.0 Å². The molecule has 7 heteroatoms. The third-order valence-corrected chi connectivity index (χ3v) is 5.82. The SMILES string of the molecule is COc1cccc([C@@H](C)NC(=O)CCC2(Cc3cc(OC)ccc3F)CCC(=O)N2)c1. The Kier molecular flexibility index (Phi) is 7.15. The van der Waals surface area contributed by atoms with E-state index in [4.69, 9.17) is 9.47 Å². The zero-order valence-corrected chi connectivity index (χ0v) is 18.2. The van der Waals surface area contributed by atoms with Crippen molar-refractivity contribution in [2.75, 3.05) is 14.2 Å². The summed E-state index contributed by atoms with van der Waals surface area (Å²) in [6, 6.07) is 11.9. The average molecular weight is 429 g/mol. The number of hydrogen-bond donors (Lipinski definition) is 2. The molecule has 1 aliphatic rings. The molecular weight excluding hydrogens is 399 g/mol. The number of carbonyl (C=O) groups excluding carboxylic acids is 2. The van der Waals surface area contributed by atoms with Crippen LogP contribution >= 0.6 is 0 Å². The molecule has 1 fully saturated rings. The van der Waals surface area contributed by atoms with Gasteiger partial charge in [0.15, 0.2) is 0 Å². The lowest BCUT2D eigenvalue weighted by atomic mass is 9.84. The average Bonchev–Trinajstić information content (AvgIpc) is 3.14. The van der Waals surface area contributed by atoms with Crippen LogP contribution in [0.4, 0.5) is 4.39 Å². The molecule has 0 spiro atoms. The molecule has 166 valence electrons. The van der Waals surface area contributed by atoms with E-state index < -0.39 is 5.54 Å². The number of methoxy groups -OCH3 is 2. The zero-order valence-electron chi connectivity index (χ0n) is 18.2. The molecule has 2 aromatic rings. The van der Waals surface area contributed by atoms with Crippen LogP contribution < -0.4 is 20.1 Å². The summed E-state index contributed by atoms with van der Waals surface area (Å²) in [5.41, 5.74) is 0.752. The van der Waals surface area contributed by atoms with Gasteiger partial charge in [0, 0.05) is 18.4 Å². The summed E-state index contributed by atoms with van der Waals surface area (Å²) in [5, 5.41) is 5.99. The summed E-state index contributed by atoms with van der Waals surface area (Å²) in [6.07, 6.45) is 1.88. The minimum Gasteiger partial charge on any atom is -0.497 e. The van der Waals surface area contributed by atoms with Crippen molar-refractivity contribution in [3.63, 3.8) is 0 Å². The second kappa shape index (κ2) is 9.81. The highest BCUT2D eigenvalue weighted by Crippen LogP contribution is 2.31. The van der Waals surface area contributed by atoms with Crippen molar-refractivity contribution >= 4 is 11.8 Å². The lowest BCUT2D eigenvalue weighted by Gasteiger charge is -2.30. The standard InChI is InChI=1S/C24H29FN2O4/c1-16(17-5-4-6-19(13-17)30-2)26-22(28)9-11-24(12-10-23(29)27-24)15-18-14-20(31-3)7-8-21(18)25/h4-8,13-14,16H,9-12,15H2,1-3H3,(H,26,28)(H,27,29)/t16-,24?/m1/s1. The van der Waals surface area contributed by atoms with Crippen LogP contribution in [-0.2, 0) is 16.0 Å². The normalized spacial score (nSPS) is 18.9. The number of halogens is 1. The van der Waals surface area contributed by atoms with Crippen LogP contribution in [0.1, 0.15) is 49.8 Å². The maximum absolute atomic E-state index is 14.4. The van der Waals surface area contributed by atoms with E-state index in [2.05, 4.69) is 10.6 Å². The van der Waals surface area contributed by atoms with Gasteiger partial charge in [0.2, 0.25) is 11.8 Å². The summed E-state index contributed by atoms with van der Waals surface area (Å²) in [7, 11) is 3.13. The van der Waals surface area contributed by atoms with Crippen LogP contribution in [0.3, 0.4) is 0 Å². The van der Waals surface area contributed by atoms with E-state index in [0.717, 1.165) is 11.3 Å². The second-order valence-electron chi connectivity index (χ2n) is 8.03. The van der Waals surface area contributed by atoms with Crippen molar-refractivity contribution < 1.29 is 23.5 Å². The van der Waals surface area contributed by atoms with Gasteiger partial charge in [-0.25, -0.2) is 4.39 Å². The van der Waals surface area contributed by atoms with E-state index in [1.807, 2.05) is 31.2 Å². The lowest BCUT2D eigenvalue weighted by Crippen LogP contribution is -2.45. The van der Waals surface area contributed by atoms with Crippen LogP contribution in [0.25, 0.3) is 0 Å². The summed E-state index contributed by atoms with van der Waals surface area (Å²) < 4.78 is 24.8. The zero-order chi connectivity index (χ0) is 22.4. The molecule has 0 aromatic heterocycles. The summed E-state index contributed by atoms with van der Waals surface area (Å²) >= 11 is 0. The maximum Gasteiger partial charge on any atom is 0.220 e. The molecule has 2 atom stereocenters. The van der Waals surface area contributed by atoms with Gasteiger partial charge < -0.3 is 20.1 Å². The van der Waals surface area contributed by atoms with Crippen molar-refractivity contribution in [3.05, 3.63) is 59.4 Å². The fourth-order valence-corrected chi connectivity index (χ4v) is 4.02. The van der Waals surface area contributed by atoms with Gasteiger partial charge in [-0.2, -0.15) is 0 Å². The summed E-state index contributed by atoms with van der Waals surface area (Å²) in [5.74, 6) is 0.736. The first-order valence-electron chi connectivity index (χ1n) is 10.4. The van der Waals surface area contributed by atoms with Gasteiger partial charge in [-0.15, -0.1) is 0 Å². The Morgan fingerprint density at radius 1 is 1.19 bits per heavy atom. The topological polar surface area (TPSA) is 76.7 Å². The second-order valence-corrected chi connectivity index (χ2v) is 8.03. The van der Waals surface area contributed by atoms with Crippen LogP contribution in [0, 0.1) is 5.82 Å². The molecule has 0 saturated carbocycles. The molecule has 0 bridgehead atoms. The molecule has 31 heavy (non-hydrogen) atoms. The van der Waals surface area contributed by atoms with Crippen LogP contribution in [0.2, 0.25) is 0 Å². The van der Waals surface area contributed by atoms with Gasteiger partial charge in [-0.1, -0.05) is 12.1 Å².